The third-order valence-corrected chi connectivity index (χ3v) is 7.73. The van der Waals surface area contributed by atoms with Crippen molar-refractivity contribution >= 4 is 27.5 Å². The fraction of sp³-hybridized carbons (Fsp3) is 0.565. The second-order valence-electron chi connectivity index (χ2n) is 10.6. The molecule has 5 rings (SSSR count). The van der Waals surface area contributed by atoms with Gasteiger partial charge in [0.2, 0.25) is 0 Å². The third-order valence-electron chi connectivity index (χ3n) is 6.76. The molecule has 8 atom stereocenters. The Bertz CT molecular complexity index is 1350. The summed E-state index contributed by atoms with van der Waals surface area (Å²) in [4.78, 5) is 60.3. The number of carbonyl (C=O) groups excluding carboxylic acids is 2. The number of aliphatic hydroxyl groups is 2. The van der Waals surface area contributed by atoms with Gasteiger partial charge in [-0.1, -0.05) is 13.2 Å². The van der Waals surface area contributed by atoms with E-state index in [0.717, 1.165) is 0 Å². The summed E-state index contributed by atoms with van der Waals surface area (Å²) >= 11 is 0. The first-order valence-corrected chi connectivity index (χ1v) is 16.2. The van der Waals surface area contributed by atoms with E-state index in [2.05, 4.69) is 32.8 Å². The van der Waals surface area contributed by atoms with E-state index in [4.69, 9.17) is 38.5 Å². The third kappa shape index (κ3) is 8.85. The van der Waals surface area contributed by atoms with Gasteiger partial charge >= 0.3 is 15.6 Å². The Morgan fingerprint density at radius 2 is 1.24 bits per heavy atom. The highest BCUT2D eigenvalue weighted by Gasteiger charge is 2.57. The molecule has 3 fully saturated rings. The summed E-state index contributed by atoms with van der Waals surface area (Å²) in [5.74, 6) is -1.16. The van der Waals surface area contributed by atoms with Crippen molar-refractivity contribution in [2.24, 2.45) is 0 Å². The van der Waals surface area contributed by atoms with Gasteiger partial charge in [0.1, 0.15) is 48.3 Å². The molecule has 0 aromatic rings. The average Bonchev–Trinajstić information content (AvgIpc) is 3.49. The molecule has 45 heavy (non-hydrogen) atoms. The zero-order valence-corrected chi connectivity index (χ0v) is 25.6. The van der Waals surface area contributed by atoms with Crippen LogP contribution in [0.4, 0.5) is 0 Å². The van der Waals surface area contributed by atoms with E-state index in [1.54, 1.807) is 18.7 Å². The average molecular weight is 684 g/mol. The predicted octanol–water partition coefficient (Wildman–Crippen LogP) is -2.28. The molecule has 5 aliphatic heterocycles. The normalized spacial score (nSPS) is 34.4. The van der Waals surface area contributed by atoms with E-state index >= 15 is 0 Å². The second-order valence-corrected chi connectivity index (χ2v) is 13.0. The molecule has 0 aliphatic carbocycles. The van der Waals surface area contributed by atoms with Gasteiger partial charge in [0.25, 0.3) is 11.8 Å². The lowest BCUT2D eigenvalue weighted by Gasteiger charge is -2.34. The molecule has 252 valence electrons. The van der Waals surface area contributed by atoms with E-state index in [1.807, 2.05) is 0 Å². The Morgan fingerprint density at radius 1 is 0.800 bits per heavy atom. The lowest BCUT2D eigenvalue weighted by atomic mass is 10.1. The first-order chi connectivity index (χ1) is 20.7. The standard InChI is InChI=1S/C13H19N2O8P.C10H15N2O8P/c1-7-14-9(16)4-5-15(7)12-11-10(22-13(2,3)23-11)8(21-12)6-20-24(17,18)19;1-5-11-7(13)2-3-12(5)10-9(15)8(14)6(20-10)4-19-21(16,17)18/h4-5,8,10-12H,1,6H2,2-3H3,(H,14,16)(H2,17,18,19);2-3,6,8-10,14-15H,1,4H2,(H,11,13)(H2,16,17,18)/t8-,10-,11?,12-;6-,8-,9?,10-/m11/s1. The van der Waals surface area contributed by atoms with Gasteiger partial charge in [0.05, 0.1) is 13.2 Å². The Morgan fingerprint density at radius 3 is 1.73 bits per heavy atom. The number of amides is 2. The second kappa shape index (κ2) is 13.3. The molecule has 2 unspecified atom stereocenters. The maximum atomic E-state index is 11.4. The highest BCUT2D eigenvalue weighted by Crippen LogP contribution is 2.43. The summed E-state index contributed by atoms with van der Waals surface area (Å²) in [6.07, 6.45) is -2.29. The number of phosphoric acid groups is 2. The minimum atomic E-state index is -4.71. The number of hydrogen-bond acceptors (Lipinski definition) is 14. The molecule has 0 spiro atoms. The lowest BCUT2D eigenvalue weighted by Crippen LogP contribution is -2.46. The van der Waals surface area contributed by atoms with Crippen molar-refractivity contribution in [1.29, 1.82) is 0 Å². The van der Waals surface area contributed by atoms with E-state index < -0.39 is 83.0 Å². The van der Waals surface area contributed by atoms with E-state index in [-0.39, 0.29) is 18.3 Å². The van der Waals surface area contributed by atoms with Gasteiger partial charge < -0.3 is 69.2 Å². The van der Waals surface area contributed by atoms with Gasteiger partial charge in [0, 0.05) is 24.6 Å². The molecular formula is C23H34N4O16P2. The molecule has 20 nitrogen and oxygen atoms in total. The first-order valence-electron chi connectivity index (χ1n) is 13.1. The molecule has 0 radical (unpaired) electrons. The summed E-state index contributed by atoms with van der Waals surface area (Å²) in [5, 5.41) is 24.7. The van der Waals surface area contributed by atoms with Crippen molar-refractivity contribution in [2.75, 3.05) is 13.2 Å². The molecule has 0 aromatic carbocycles. The van der Waals surface area contributed by atoms with Gasteiger partial charge in [-0.3, -0.25) is 18.6 Å². The molecule has 2 amide bonds. The summed E-state index contributed by atoms with van der Waals surface area (Å²) < 4.78 is 53.1. The van der Waals surface area contributed by atoms with Crippen LogP contribution in [0.15, 0.2) is 49.4 Å². The summed E-state index contributed by atoms with van der Waals surface area (Å²) in [5.41, 5.74) is 0. The van der Waals surface area contributed by atoms with Crippen molar-refractivity contribution in [2.45, 2.75) is 68.7 Å². The van der Waals surface area contributed by atoms with Gasteiger partial charge in [-0.25, -0.2) is 9.13 Å². The maximum absolute atomic E-state index is 11.4. The van der Waals surface area contributed by atoms with Gasteiger partial charge in [0.15, 0.2) is 18.2 Å². The minimum Gasteiger partial charge on any atom is -0.387 e. The Hall–Kier alpha value is -2.52. The Balaban J connectivity index is 0.000000207. The number of aliphatic hydroxyl groups excluding tert-OH is 2. The number of carbonyl (C=O) groups is 2. The van der Waals surface area contributed by atoms with Crippen LogP contribution in [0.25, 0.3) is 0 Å². The maximum Gasteiger partial charge on any atom is 0.469 e. The largest absolute Gasteiger partial charge is 0.469 e. The highest BCUT2D eigenvalue weighted by atomic mass is 31.2. The smallest absolute Gasteiger partial charge is 0.387 e. The minimum absolute atomic E-state index is 0.135. The summed E-state index contributed by atoms with van der Waals surface area (Å²) in [7, 11) is -9.35. The fourth-order valence-electron chi connectivity index (χ4n) is 4.90. The van der Waals surface area contributed by atoms with Crippen LogP contribution in [0, 0.1) is 0 Å². The van der Waals surface area contributed by atoms with Crippen LogP contribution < -0.4 is 10.6 Å². The Labute approximate surface area is 255 Å². The Kier molecular flexibility index (Phi) is 10.4. The number of nitrogens with zero attached hydrogens (tertiary/aromatic N) is 2. The molecule has 22 heteroatoms. The van der Waals surface area contributed by atoms with Crippen molar-refractivity contribution in [1.82, 2.24) is 20.4 Å². The number of hydrogen-bond donors (Lipinski definition) is 8. The van der Waals surface area contributed by atoms with Gasteiger partial charge in [-0.05, 0) is 13.8 Å². The molecule has 0 bridgehead atoms. The fourth-order valence-corrected chi connectivity index (χ4v) is 5.59. The van der Waals surface area contributed by atoms with Crippen LogP contribution in [-0.4, -0.2) is 119 Å². The van der Waals surface area contributed by atoms with Crippen LogP contribution in [-0.2, 0) is 46.7 Å². The number of phosphoric ester groups is 2. The monoisotopic (exact) mass is 684 g/mol. The number of ether oxygens (including phenoxy) is 4. The van der Waals surface area contributed by atoms with Crippen LogP contribution in [0.1, 0.15) is 13.8 Å². The predicted molar refractivity (Wildman–Crippen MR) is 146 cm³/mol. The van der Waals surface area contributed by atoms with Crippen LogP contribution >= 0.6 is 15.6 Å². The number of nitrogens with one attached hydrogen (secondary N) is 2. The van der Waals surface area contributed by atoms with Gasteiger partial charge in [-0.2, -0.15) is 0 Å². The van der Waals surface area contributed by atoms with E-state index in [9.17, 15) is 28.9 Å². The summed E-state index contributed by atoms with van der Waals surface area (Å²) in [6, 6.07) is 0. The SMILES string of the molecule is C=C1NC(=O)C=CN1[C@@H]1O[C@H](COP(=O)(O)O)[C@@H](O)C1O.C=C1NC(=O)C=CN1[C@@H]1O[C@H](COP(=O)(O)O)[C@H]2OC(C)(C)OC12. The van der Waals surface area contributed by atoms with Crippen LogP contribution in [0.5, 0.6) is 0 Å². The number of rotatable bonds is 8. The molecule has 0 saturated carbocycles. The van der Waals surface area contributed by atoms with E-state index in [0.29, 0.717) is 5.82 Å². The first kappa shape index (κ1) is 35.3. The van der Waals surface area contributed by atoms with Crippen molar-refractivity contribution in [3.8, 4) is 0 Å². The summed E-state index contributed by atoms with van der Waals surface area (Å²) in [6.45, 7) is 9.83. The molecule has 8 N–H and O–H groups in total. The molecule has 5 heterocycles. The zero-order chi connectivity index (χ0) is 33.5. The van der Waals surface area contributed by atoms with Crippen molar-refractivity contribution in [3.63, 3.8) is 0 Å². The topological polar surface area (TPSA) is 276 Å². The number of fused-ring (bicyclic) bond motifs is 1. The van der Waals surface area contributed by atoms with Crippen LogP contribution in [0.3, 0.4) is 0 Å². The molecule has 5 aliphatic rings. The van der Waals surface area contributed by atoms with Crippen LogP contribution in [0.2, 0.25) is 0 Å². The lowest BCUT2D eigenvalue weighted by molar-refractivity contribution is -0.202. The molecule has 3 saturated heterocycles. The quantitative estimate of drug-likeness (QED) is 0.125. The van der Waals surface area contributed by atoms with Crippen molar-refractivity contribution < 1.29 is 76.5 Å². The molecular weight excluding hydrogens is 650 g/mol. The van der Waals surface area contributed by atoms with Gasteiger partial charge in [-0.15, -0.1) is 0 Å². The van der Waals surface area contributed by atoms with E-state index in [1.165, 1.54) is 29.5 Å². The zero-order valence-electron chi connectivity index (χ0n) is 23.8. The molecule has 0 aromatic heterocycles. The highest BCUT2D eigenvalue weighted by molar-refractivity contribution is 7.46. The van der Waals surface area contributed by atoms with Crippen molar-refractivity contribution in [3.05, 3.63) is 49.4 Å².